The Morgan fingerprint density at radius 1 is 1.36 bits per heavy atom. The lowest BCUT2D eigenvalue weighted by atomic mass is 9.42. The maximum absolute atomic E-state index is 13.0. The molecule has 0 aliphatic carbocycles. The molecule has 0 atom stereocenters. The number of hydrogen-bond donors (Lipinski definition) is 0. The van der Waals surface area contributed by atoms with Crippen LogP contribution in [0, 0.1) is 21.3 Å². The van der Waals surface area contributed by atoms with Gasteiger partial charge in [-0.1, -0.05) is 12.6 Å². The van der Waals surface area contributed by atoms with Gasteiger partial charge < -0.3 is 4.74 Å². The largest absolute Gasteiger partial charge is 0.490 e. The van der Waals surface area contributed by atoms with Gasteiger partial charge in [0.15, 0.2) is 0 Å². The van der Waals surface area contributed by atoms with Crippen LogP contribution in [0.2, 0.25) is 12.6 Å². The number of benzene rings is 1. The fourth-order valence-electron chi connectivity index (χ4n) is 2.45. The SMILES string of the molecule is N#CB1CCC(Oc2ccc([N+](=O)[O-])cc2C(F)(F)F)CC1. The number of rotatable bonds is 3. The third kappa shape index (κ3) is 3.69. The van der Waals surface area contributed by atoms with E-state index in [1.165, 1.54) is 0 Å². The van der Waals surface area contributed by atoms with Gasteiger partial charge in [0.05, 0.1) is 11.0 Å². The standard InChI is InChI=1S/C13H12BF3N2O3/c15-13(16,17)11-7-9(19(20)21)1-2-12(11)22-10-3-5-14(8-18)6-4-10/h1-2,7,10H,3-6H2. The molecule has 1 saturated heterocycles. The molecule has 5 nitrogen and oxygen atoms in total. The molecule has 2 rings (SSSR count). The molecule has 1 aromatic carbocycles. The van der Waals surface area contributed by atoms with Crippen molar-refractivity contribution in [3.63, 3.8) is 0 Å². The second kappa shape index (κ2) is 6.26. The van der Waals surface area contributed by atoms with Gasteiger partial charge in [-0.05, 0) is 18.9 Å². The van der Waals surface area contributed by atoms with Crippen molar-refractivity contribution in [2.45, 2.75) is 37.8 Å². The van der Waals surface area contributed by atoms with Gasteiger partial charge in [-0.15, -0.1) is 0 Å². The summed E-state index contributed by atoms with van der Waals surface area (Å²) >= 11 is 0. The Hall–Kier alpha value is -2.24. The molecule has 0 radical (unpaired) electrons. The molecule has 0 aromatic heterocycles. The van der Waals surface area contributed by atoms with E-state index >= 15 is 0 Å². The molecule has 1 heterocycles. The van der Waals surface area contributed by atoms with Crippen LogP contribution in [0.25, 0.3) is 0 Å². The maximum atomic E-state index is 13.0. The summed E-state index contributed by atoms with van der Waals surface area (Å²) < 4.78 is 44.4. The highest BCUT2D eigenvalue weighted by Crippen LogP contribution is 2.39. The molecule has 0 N–H and O–H groups in total. The summed E-state index contributed by atoms with van der Waals surface area (Å²) in [5, 5.41) is 19.4. The zero-order valence-electron chi connectivity index (χ0n) is 11.5. The van der Waals surface area contributed by atoms with E-state index in [4.69, 9.17) is 10.00 Å². The van der Waals surface area contributed by atoms with Crippen molar-refractivity contribution < 1.29 is 22.8 Å². The lowest BCUT2D eigenvalue weighted by Gasteiger charge is -2.25. The number of hydrogen-bond acceptors (Lipinski definition) is 4. The molecule has 0 amide bonds. The van der Waals surface area contributed by atoms with Crippen molar-refractivity contribution in [2.75, 3.05) is 0 Å². The Kier molecular flexibility index (Phi) is 4.59. The molecule has 1 aromatic rings. The average Bonchev–Trinajstić information content (AvgIpc) is 2.47. The molecule has 116 valence electrons. The van der Waals surface area contributed by atoms with Crippen LogP contribution in [0.1, 0.15) is 18.4 Å². The molecular formula is C13H12BF3N2O3. The first kappa shape index (κ1) is 16.1. The highest BCUT2D eigenvalue weighted by molar-refractivity contribution is 6.67. The minimum atomic E-state index is -4.73. The van der Waals surface area contributed by atoms with E-state index in [1.807, 2.05) is 0 Å². The summed E-state index contributed by atoms with van der Waals surface area (Å²) in [6.45, 7) is -0.0844. The number of nitro groups is 1. The Morgan fingerprint density at radius 2 is 2.00 bits per heavy atom. The van der Waals surface area contributed by atoms with Crippen LogP contribution in [-0.2, 0) is 6.18 Å². The number of nitrogens with zero attached hydrogens (tertiary/aromatic N) is 2. The quantitative estimate of drug-likeness (QED) is 0.484. The predicted octanol–water partition coefficient (Wildman–Crippen LogP) is 3.71. The zero-order valence-corrected chi connectivity index (χ0v) is 11.5. The topological polar surface area (TPSA) is 76.2 Å². The molecule has 0 unspecified atom stereocenters. The van der Waals surface area contributed by atoms with Gasteiger partial charge in [0.2, 0.25) is 0 Å². The van der Waals surface area contributed by atoms with E-state index in [0.29, 0.717) is 31.5 Å². The van der Waals surface area contributed by atoms with Crippen molar-refractivity contribution >= 4 is 12.4 Å². The highest BCUT2D eigenvalue weighted by atomic mass is 19.4. The van der Waals surface area contributed by atoms with Crippen LogP contribution in [0.4, 0.5) is 18.9 Å². The van der Waals surface area contributed by atoms with Gasteiger partial charge in [0.1, 0.15) is 11.3 Å². The third-order valence-corrected chi connectivity index (χ3v) is 3.63. The first-order valence-corrected chi connectivity index (χ1v) is 6.73. The van der Waals surface area contributed by atoms with E-state index in [2.05, 4.69) is 5.97 Å². The first-order chi connectivity index (χ1) is 10.3. The smallest absolute Gasteiger partial charge is 0.420 e. The summed E-state index contributed by atoms with van der Waals surface area (Å²) in [4.78, 5) is 9.74. The van der Waals surface area contributed by atoms with Gasteiger partial charge in [-0.25, -0.2) is 5.26 Å². The number of non-ortho nitro benzene ring substituents is 1. The number of alkyl halides is 3. The summed E-state index contributed by atoms with van der Waals surface area (Å²) in [5.41, 5.74) is -1.78. The van der Waals surface area contributed by atoms with E-state index in [9.17, 15) is 23.3 Å². The normalized spacial score (nSPS) is 16.2. The fourth-order valence-corrected chi connectivity index (χ4v) is 2.45. The predicted molar refractivity (Wildman–Crippen MR) is 72.7 cm³/mol. The third-order valence-electron chi connectivity index (χ3n) is 3.63. The molecule has 1 aliphatic rings. The Morgan fingerprint density at radius 3 is 2.50 bits per heavy atom. The highest BCUT2D eigenvalue weighted by Gasteiger charge is 2.37. The van der Waals surface area contributed by atoms with Gasteiger partial charge in [-0.2, -0.15) is 13.2 Å². The van der Waals surface area contributed by atoms with E-state index in [0.717, 1.165) is 12.1 Å². The van der Waals surface area contributed by atoms with Gasteiger partial charge in [0.25, 0.3) is 12.4 Å². The average molecular weight is 312 g/mol. The van der Waals surface area contributed by atoms with Gasteiger partial charge in [-0.3, -0.25) is 10.1 Å². The molecule has 0 bridgehead atoms. The summed E-state index contributed by atoms with van der Waals surface area (Å²) in [7, 11) is 0. The molecule has 1 fully saturated rings. The molecule has 1 aliphatic heterocycles. The fraction of sp³-hybridized carbons (Fsp3) is 0.462. The molecule has 22 heavy (non-hydrogen) atoms. The van der Waals surface area contributed by atoms with Crippen molar-refractivity contribution in [3.8, 4) is 11.7 Å². The summed E-state index contributed by atoms with van der Waals surface area (Å²) in [6, 6.07) is 2.46. The van der Waals surface area contributed by atoms with Gasteiger partial charge >= 0.3 is 6.18 Å². The van der Waals surface area contributed by atoms with Crippen LogP contribution >= 0.6 is 0 Å². The molecular weight excluding hydrogens is 300 g/mol. The number of nitro benzene ring substituents is 1. The van der Waals surface area contributed by atoms with Crippen molar-refractivity contribution in [1.29, 1.82) is 5.26 Å². The van der Waals surface area contributed by atoms with Crippen LogP contribution in [-0.4, -0.2) is 17.7 Å². The van der Waals surface area contributed by atoms with E-state index < -0.39 is 34.2 Å². The summed E-state index contributed by atoms with van der Waals surface area (Å²) in [6.07, 6.45) is -3.00. The number of nitriles is 1. The van der Waals surface area contributed by atoms with Crippen LogP contribution in [0.5, 0.6) is 5.75 Å². The van der Waals surface area contributed by atoms with E-state index in [1.54, 1.807) is 0 Å². The van der Waals surface area contributed by atoms with Crippen molar-refractivity contribution in [2.24, 2.45) is 0 Å². The number of ether oxygens (including phenoxy) is 1. The molecule has 9 heteroatoms. The minimum Gasteiger partial charge on any atom is -0.490 e. The van der Waals surface area contributed by atoms with Crippen molar-refractivity contribution in [3.05, 3.63) is 33.9 Å². The zero-order chi connectivity index (χ0) is 16.3. The van der Waals surface area contributed by atoms with Gasteiger partial charge in [0, 0.05) is 18.1 Å². The second-order valence-corrected chi connectivity index (χ2v) is 5.16. The summed E-state index contributed by atoms with van der Waals surface area (Å²) in [5.74, 6) is 1.73. The number of halogens is 3. The second-order valence-electron chi connectivity index (χ2n) is 5.16. The molecule has 0 saturated carbocycles. The van der Waals surface area contributed by atoms with Crippen LogP contribution < -0.4 is 4.74 Å². The Labute approximate surface area is 124 Å². The van der Waals surface area contributed by atoms with Crippen molar-refractivity contribution in [1.82, 2.24) is 0 Å². The maximum Gasteiger partial charge on any atom is 0.420 e. The minimum absolute atomic E-state index is 0.0844. The molecule has 0 spiro atoms. The lowest BCUT2D eigenvalue weighted by molar-refractivity contribution is -0.385. The first-order valence-electron chi connectivity index (χ1n) is 6.73. The Bertz CT molecular complexity index is 608. The Balaban J connectivity index is 2.20. The monoisotopic (exact) mass is 312 g/mol. The lowest BCUT2D eigenvalue weighted by Crippen LogP contribution is -2.28. The van der Waals surface area contributed by atoms with E-state index in [-0.39, 0.29) is 6.71 Å². The van der Waals surface area contributed by atoms with Crippen LogP contribution in [0.15, 0.2) is 18.2 Å². The van der Waals surface area contributed by atoms with Crippen LogP contribution in [0.3, 0.4) is 0 Å².